The van der Waals surface area contributed by atoms with E-state index in [0.717, 1.165) is 6.42 Å². The van der Waals surface area contributed by atoms with Crippen LogP contribution in [0, 0.1) is 28.1 Å². The van der Waals surface area contributed by atoms with Crippen molar-refractivity contribution in [2.24, 2.45) is 28.1 Å². The van der Waals surface area contributed by atoms with Gasteiger partial charge in [-0.2, -0.15) is 0 Å². The topological polar surface area (TPSA) is 374 Å². The molecule has 0 radical (unpaired) electrons. The van der Waals surface area contributed by atoms with Crippen LogP contribution >= 0.6 is 0 Å². The first-order valence-corrected chi connectivity index (χ1v) is 23.4. The molecule has 4 heterocycles. The van der Waals surface area contributed by atoms with Crippen molar-refractivity contribution in [1.82, 2.24) is 0 Å². The molecule has 0 aromatic rings. The van der Waals surface area contributed by atoms with Gasteiger partial charge in [0.15, 0.2) is 18.9 Å². The van der Waals surface area contributed by atoms with E-state index in [2.05, 4.69) is 13.5 Å². The van der Waals surface area contributed by atoms with Gasteiger partial charge in [-0.05, 0) is 86.5 Å². The van der Waals surface area contributed by atoms with Crippen LogP contribution in [0.25, 0.3) is 0 Å². The number of hydrogen-bond donors (Lipinski definition) is 14. The van der Waals surface area contributed by atoms with Crippen LogP contribution in [-0.4, -0.2) is 232 Å². The molecule has 8 rings (SSSR count). The molecular weight excluding hydrogens is 896 g/mol. The fourth-order valence-corrected chi connectivity index (χ4v) is 13.5. The Morgan fingerprint density at radius 3 is 1.57 bits per heavy atom. The van der Waals surface area contributed by atoms with E-state index in [9.17, 15) is 76.3 Å². The Kier molecular flexibility index (Phi) is 15.0. The van der Waals surface area contributed by atoms with Crippen molar-refractivity contribution in [1.29, 1.82) is 0 Å². The van der Waals surface area contributed by atoms with E-state index in [0.29, 0.717) is 56.9 Å². The summed E-state index contributed by atoms with van der Waals surface area (Å²) in [6, 6.07) is 0. The normalized spacial score (nSPS) is 54.5. The molecule has 4 aliphatic heterocycles. The molecule has 2 bridgehead atoms. The number of rotatable bonds is 12. The van der Waals surface area contributed by atoms with Crippen LogP contribution in [0.2, 0.25) is 0 Å². The minimum Gasteiger partial charge on any atom is -0.432 e. The first-order valence-electron chi connectivity index (χ1n) is 23.4. The minimum atomic E-state index is -1.95. The maximum absolute atomic E-state index is 14.3. The molecule has 384 valence electrons. The zero-order valence-corrected chi connectivity index (χ0v) is 37.5. The number of esters is 1. The minimum absolute atomic E-state index is 0.0251. The van der Waals surface area contributed by atoms with Crippen molar-refractivity contribution in [3.8, 4) is 0 Å². The van der Waals surface area contributed by atoms with Crippen LogP contribution in [0.4, 0.5) is 0 Å². The summed E-state index contributed by atoms with van der Waals surface area (Å²) in [6.45, 7) is 5.41. The average Bonchev–Trinajstić information content (AvgIpc) is 3.50. The monoisotopic (exact) mass is 966 g/mol. The highest BCUT2D eigenvalue weighted by Crippen LogP contribution is 2.74. The molecule has 1 spiro atoms. The number of hydrogen-bond acceptors (Lipinski definition) is 23. The van der Waals surface area contributed by atoms with E-state index in [4.69, 9.17) is 37.9 Å². The Labute approximate surface area is 386 Å². The van der Waals surface area contributed by atoms with Crippen molar-refractivity contribution in [2.45, 2.75) is 200 Å². The van der Waals surface area contributed by atoms with Crippen molar-refractivity contribution >= 4 is 5.97 Å². The largest absolute Gasteiger partial charge is 0.432 e. The van der Waals surface area contributed by atoms with E-state index in [1.807, 2.05) is 6.92 Å². The molecule has 67 heavy (non-hydrogen) atoms. The van der Waals surface area contributed by atoms with Gasteiger partial charge in [0.05, 0.1) is 37.4 Å². The lowest BCUT2D eigenvalue weighted by molar-refractivity contribution is -0.400. The van der Waals surface area contributed by atoms with Gasteiger partial charge in [-0.15, -0.1) is 0 Å². The summed E-state index contributed by atoms with van der Waals surface area (Å²) >= 11 is 0. The van der Waals surface area contributed by atoms with Crippen LogP contribution in [-0.2, 0) is 42.7 Å². The van der Waals surface area contributed by atoms with Crippen molar-refractivity contribution < 1.29 is 114 Å². The van der Waals surface area contributed by atoms with Crippen molar-refractivity contribution in [2.75, 3.05) is 26.4 Å². The van der Waals surface area contributed by atoms with Crippen molar-refractivity contribution in [3.05, 3.63) is 12.2 Å². The number of aliphatic hydroxyl groups is 14. The summed E-state index contributed by atoms with van der Waals surface area (Å²) in [5.41, 5.74) is -2.33. The Bertz CT molecular complexity index is 1760. The molecule has 23 nitrogen and oxygen atoms in total. The lowest BCUT2D eigenvalue weighted by Gasteiger charge is -2.64. The van der Waals surface area contributed by atoms with Gasteiger partial charge in [-0.1, -0.05) is 19.9 Å². The zero-order chi connectivity index (χ0) is 48.7. The summed E-state index contributed by atoms with van der Waals surface area (Å²) in [5.74, 6) is -0.805. The first kappa shape index (κ1) is 51.7. The van der Waals surface area contributed by atoms with Gasteiger partial charge in [0, 0.05) is 0 Å². The van der Waals surface area contributed by atoms with E-state index >= 15 is 0 Å². The number of aliphatic hydroxyl groups excluding tert-OH is 14. The van der Waals surface area contributed by atoms with Crippen LogP contribution < -0.4 is 0 Å². The molecule has 0 amide bonds. The lowest BCUT2D eigenvalue weighted by Crippen LogP contribution is -2.68. The molecule has 4 saturated heterocycles. The van der Waals surface area contributed by atoms with E-state index in [-0.39, 0.29) is 11.8 Å². The van der Waals surface area contributed by atoms with Crippen LogP contribution in [0.3, 0.4) is 0 Å². The first-order chi connectivity index (χ1) is 31.6. The van der Waals surface area contributed by atoms with E-state index in [1.54, 1.807) is 0 Å². The molecule has 8 fully saturated rings. The summed E-state index contributed by atoms with van der Waals surface area (Å²) < 4.78 is 48.2. The molecule has 0 aromatic heterocycles. The van der Waals surface area contributed by atoms with Gasteiger partial charge in [-0.25, -0.2) is 0 Å². The lowest BCUT2D eigenvalue weighted by atomic mass is 9.41. The highest BCUT2D eigenvalue weighted by atomic mass is 16.8. The molecule has 8 aliphatic rings. The van der Waals surface area contributed by atoms with Gasteiger partial charge >= 0.3 is 5.97 Å². The maximum atomic E-state index is 14.3. The highest BCUT2D eigenvalue weighted by Gasteiger charge is 2.70. The fraction of sp³-hybridized carbons (Fsp3) is 0.932. The van der Waals surface area contributed by atoms with Crippen LogP contribution in [0.5, 0.6) is 0 Å². The molecule has 14 N–H and O–H groups in total. The third-order valence-electron chi connectivity index (χ3n) is 17.1. The second kappa shape index (κ2) is 19.4. The van der Waals surface area contributed by atoms with Gasteiger partial charge < -0.3 is 109 Å². The van der Waals surface area contributed by atoms with Gasteiger partial charge in [0.1, 0.15) is 97.7 Å². The van der Waals surface area contributed by atoms with E-state index < -0.39 is 177 Å². The Morgan fingerprint density at radius 2 is 1.03 bits per heavy atom. The fourth-order valence-electron chi connectivity index (χ4n) is 13.5. The second-order valence-electron chi connectivity index (χ2n) is 20.8. The smallest absolute Gasteiger partial charge is 0.314 e. The number of fused-ring (bicyclic) bond motifs is 3. The summed E-state index contributed by atoms with van der Waals surface area (Å²) in [4.78, 5) is 14.3. The number of carbonyl (C=O) groups excluding carboxylic acids is 1. The standard InChI is InChI=1S/C44H70O23/c1-17-11-43-9-5-22-41(2,7-4-8-42(22,3)40(59)66-38-33(58)30(55)26(51)20(14-47)62-38)23(43)6-10-44(17,16-43)67-39-35(65-37-32(57)29(54)25(50)19(13-46)61-37)34(27(52)21(15-48)63-39)64-36-31(56)28(53)24(49)18(12-45)60-36/h18-39,45-58H,1,4-16H2,2-3H3/t18?,19?,20?,21?,22?,23-,24?,25?,26?,27?,28?,29?,30?,31?,32?,33?,34?,35?,36?,37?,38?,39?,41+,42+,43?,44?/m0/s1. The predicted molar refractivity (Wildman–Crippen MR) is 219 cm³/mol. The zero-order valence-electron chi connectivity index (χ0n) is 37.5. The Balaban J connectivity index is 1.06. The predicted octanol–water partition coefficient (Wildman–Crippen LogP) is -5.11. The Morgan fingerprint density at radius 1 is 0.567 bits per heavy atom. The summed E-state index contributed by atoms with van der Waals surface area (Å²) in [5, 5.41) is 148. The Hall–Kier alpha value is -1.63. The van der Waals surface area contributed by atoms with Gasteiger partial charge in [-0.3, -0.25) is 4.79 Å². The average molecular weight is 967 g/mol. The van der Waals surface area contributed by atoms with Crippen LogP contribution in [0.15, 0.2) is 12.2 Å². The SMILES string of the molecule is C=C1CC23CCC4[C@](C)(C(=O)OC5OC(CO)C(O)C(O)C5O)CCC[C@@]4(C)[C@@H]2CCC1(OC1OC(CO)C(O)C(OC2OC(CO)C(O)C(O)C2O)C1OC1OC(CO)C(O)C(O)C1O)C3. The second-order valence-corrected chi connectivity index (χ2v) is 20.8. The van der Waals surface area contributed by atoms with E-state index in [1.165, 1.54) is 0 Å². The maximum Gasteiger partial charge on any atom is 0.314 e. The third-order valence-corrected chi connectivity index (χ3v) is 17.1. The summed E-state index contributed by atoms with van der Waals surface area (Å²) in [7, 11) is 0. The number of ether oxygens (including phenoxy) is 8. The molecule has 23 heteroatoms. The third kappa shape index (κ3) is 8.63. The molecule has 26 atom stereocenters. The van der Waals surface area contributed by atoms with Crippen molar-refractivity contribution in [3.63, 3.8) is 0 Å². The molecule has 4 aliphatic carbocycles. The molecular formula is C44H70O23. The molecule has 23 unspecified atom stereocenters. The van der Waals surface area contributed by atoms with Crippen LogP contribution in [0.1, 0.15) is 71.6 Å². The molecule has 4 saturated carbocycles. The number of carbonyl (C=O) groups is 1. The van der Waals surface area contributed by atoms with Gasteiger partial charge in [0.25, 0.3) is 0 Å². The quantitative estimate of drug-likeness (QED) is 0.0494. The molecule has 0 aromatic carbocycles. The van der Waals surface area contributed by atoms with Gasteiger partial charge in [0.2, 0.25) is 6.29 Å². The summed E-state index contributed by atoms with van der Waals surface area (Å²) in [6.07, 6.45) is -29.1. The highest BCUT2D eigenvalue weighted by molar-refractivity contribution is 5.77.